The van der Waals surface area contributed by atoms with Crippen molar-refractivity contribution in [2.24, 2.45) is 5.92 Å². The molecule has 3 rings (SSSR count). The number of rotatable bonds is 9. The Balaban J connectivity index is 1.78. The number of aliphatic hydroxyl groups excluding tert-OH is 1. The summed E-state index contributed by atoms with van der Waals surface area (Å²) in [5.41, 5.74) is 3.59. The Morgan fingerprint density at radius 2 is 1.69 bits per heavy atom. The fraction of sp³-hybridized carbons (Fsp3) is 0.423. The van der Waals surface area contributed by atoms with E-state index in [1.54, 1.807) is 0 Å². The Morgan fingerprint density at radius 1 is 1.09 bits per heavy atom. The summed E-state index contributed by atoms with van der Waals surface area (Å²) in [6, 6.07) is 15.4. The van der Waals surface area contributed by atoms with Gasteiger partial charge in [0, 0.05) is 31.1 Å². The van der Waals surface area contributed by atoms with Crippen LogP contribution >= 0.6 is 34.8 Å². The number of hydrogen-bond donors (Lipinski definition) is 2. The van der Waals surface area contributed by atoms with Crippen molar-refractivity contribution in [3.05, 3.63) is 83.4 Å². The van der Waals surface area contributed by atoms with Gasteiger partial charge in [-0.15, -0.1) is 6.58 Å². The minimum Gasteiger partial charge on any atom is -0.392 e. The number of amides is 1. The van der Waals surface area contributed by atoms with Gasteiger partial charge in [0.05, 0.1) is 18.8 Å². The Hall–Kier alpha value is -1.64. The smallest absolute Gasteiger partial charge is 0.272 e. The number of nitrogens with zero attached hydrogens (tertiary/aromatic N) is 1. The van der Waals surface area contributed by atoms with Crippen molar-refractivity contribution in [3.8, 4) is 0 Å². The molecule has 1 fully saturated rings. The Bertz CT molecular complexity index is 980. The number of aliphatic hydroxyl groups is 1. The van der Waals surface area contributed by atoms with Crippen LogP contribution in [0.3, 0.4) is 0 Å². The van der Waals surface area contributed by atoms with Crippen LogP contribution in [0.15, 0.2) is 61.2 Å². The third-order valence-corrected chi connectivity index (χ3v) is 6.53. The zero-order chi connectivity index (χ0) is 25.6. The van der Waals surface area contributed by atoms with E-state index in [-0.39, 0.29) is 31.3 Å². The number of ether oxygens (including phenoxy) is 2. The van der Waals surface area contributed by atoms with Gasteiger partial charge in [-0.3, -0.25) is 4.79 Å². The Morgan fingerprint density at radius 3 is 2.26 bits per heavy atom. The lowest BCUT2D eigenvalue weighted by atomic mass is 9.90. The molecule has 0 radical (unpaired) electrons. The van der Waals surface area contributed by atoms with Gasteiger partial charge in [0.2, 0.25) is 0 Å². The largest absolute Gasteiger partial charge is 0.392 e. The first kappa shape index (κ1) is 27.9. The van der Waals surface area contributed by atoms with Crippen molar-refractivity contribution >= 4 is 40.7 Å². The number of benzene rings is 2. The summed E-state index contributed by atoms with van der Waals surface area (Å²) in [6.45, 7) is 7.65. The average molecular weight is 542 g/mol. The molecule has 1 amide bonds. The molecule has 4 atom stereocenters. The molecular weight excluding hydrogens is 511 g/mol. The molecule has 6 nitrogen and oxygen atoms in total. The predicted octanol–water partition coefficient (Wildman–Crippen LogP) is 5.07. The molecule has 0 aromatic heterocycles. The van der Waals surface area contributed by atoms with E-state index in [1.165, 1.54) is 0 Å². The van der Waals surface area contributed by atoms with Gasteiger partial charge in [-0.2, -0.15) is 0 Å². The topological polar surface area (TPSA) is 71.0 Å². The molecule has 35 heavy (non-hydrogen) atoms. The normalized spacial score (nSPS) is 22.7. The highest BCUT2D eigenvalue weighted by atomic mass is 35.6. The predicted molar refractivity (Wildman–Crippen MR) is 139 cm³/mol. The summed E-state index contributed by atoms with van der Waals surface area (Å²) >= 11 is 16.8. The standard InChI is InChI=1S/C26H31Cl3N2O4/c1-4-13-31(3)15-22-17(2)23(20-9-7-19(16-32)8-10-20)35-24(34-22)21-11-5-18(6-12-21)14-30-25(33)26(27,28)29/h4-12,17,22-24,32H,1,13-16H2,2-3H3,(H,30,33)/t17-,22+,23+,24+/m1/s1. The SMILES string of the molecule is C=CCN(C)C[C@@H]1O[C@H](c2ccc(CNC(=O)C(Cl)(Cl)Cl)cc2)O[C@H](c2ccc(CO)cc2)[C@@H]1C. The first-order valence-electron chi connectivity index (χ1n) is 11.4. The number of carbonyl (C=O) groups is 1. The first-order chi connectivity index (χ1) is 16.6. The molecule has 2 aromatic rings. The summed E-state index contributed by atoms with van der Waals surface area (Å²) in [5.74, 6) is -0.587. The van der Waals surface area contributed by atoms with E-state index < -0.39 is 16.0 Å². The van der Waals surface area contributed by atoms with Gasteiger partial charge >= 0.3 is 0 Å². The van der Waals surface area contributed by atoms with Crippen LogP contribution in [0.5, 0.6) is 0 Å². The monoisotopic (exact) mass is 540 g/mol. The van der Waals surface area contributed by atoms with Gasteiger partial charge in [0.1, 0.15) is 0 Å². The van der Waals surface area contributed by atoms with Crippen LogP contribution in [-0.4, -0.2) is 45.9 Å². The number of alkyl halides is 3. The van der Waals surface area contributed by atoms with Crippen LogP contribution in [0.4, 0.5) is 0 Å². The summed E-state index contributed by atoms with van der Waals surface area (Å²) in [7, 11) is 2.04. The average Bonchev–Trinajstić information content (AvgIpc) is 2.83. The zero-order valence-electron chi connectivity index (χ0n) is 19.8. The van der Waals surface area contributed by atoms with E-state index in [1.807, 2.05) is 61.7 Å². The van der Waals surface area contributed by atoms with Gasteiger partial charge in [-0.25, -0.2) is 0 Å². The van der Waals surface area contributed by atoms with Crippen LogP contribution in [0.25, 0.3) is 0 Å². The molecule has 1 aliphatic rings. The lowest BCUT2D eigenvalue weighted by Crippen LogP contribution is -2.43. The van der Waals surface area contributed by atoms with Crippen molar-refractivity contribution in [1.29, 1.82) is 0 Å². The zero-order valence-corrected chi connectivity index (χ0v) is 22.1. The molecule has 1 heterocycles. The third kappa shape index (κ3) is 7.67. The highest BCUT2D eigenvalue weighted by Gasteiger charge is 2.38. The van der Waals surface area contributed by atoms with Gasteiger partial charge < -0.3 is 24.8 Å². The minimum absolute atomic E-state index is 0.00344. The maximum Gasteiger partial charge on any atom is 0.272 e. The molecular formula is C26H31Cl3N2O4. The minimum atomic E-state index is -2.00. The van der Waals surface area contributed by atoms with E-state index in [0.717, 1.165) is 35.3 Å². The number of hydrogen-bond acceptors (Lipinski definition) is 5. The van der Waals surface area contributed by atoms with Crippen molar-refractivity contribution in [1.82, 2.24) is 10.2 Å². The summed E-state index contributed by atoms with van der Waals surface area (Å²) in [5, 5.41) is 12.0. The van der Waals surface area contributed by atoms with E-state index in [2.05, 4.69) is 23.7 Å². The van der Waals surface area contributed by atoms with Gasteiger partial charge in [-0.1, -0.05) is 96.3 Å². The summed E-state index contributed by atoms with van der Waals surface area (Å²) in [6.07, 6.45) is 1.03. The maximum atomic E-state index is 11.8. The molecule has 0 spiro atoms. The van der Waals surface area contributed by atoms with Crippen molar-refractivity contribution < 1.29 is 19.4 Å². The maximum absolute atomic E-state index is 11.8. The fourth-order valence-electron chi connectivity index (χ4n) is 4.01. The Labute approximate surface area is 221 Å². The third-order valence-electron chi connectivity index (χ3n) is 6.02. The molecule has 0 bridgehead atoms. The molecule has 2 aromatic carbocycles. The van der Waals surface area contributed by atoms with E-state index >= 15 is 0 Å². The number of carbonyl (C=O) groups excluding carboxylic acids is 1. The number of nitrogens with one attached hydrogen (secondary N) is 1. The molecule has 9 heteroatoms. The van der Waals surface area contributed by atoms with Crippen LogP contribution < -0.4 is 5.32 Å². The Kier molecular flexibility index (Phi) is 10.0. The molecule has 190 valence electrons. The summed E-state index contributed by atoms with van der Waals surface area (Å²) in [4.78, 5) is 14.0. The second kappa shape index (κ2) is 12.5. The van der Waals surface area contributed by atoms with Crippen molar-refractivity contribution in [2.75, 3.05) is 20.1 Å². The highest BCUT2D eigenvalue weighted by molar-refractivity contribution is 6.76. The lowest BCUT2D eigenvalue weighted by Gasteiger charge is -2.42. The van der Waals surface area contributed by atoms with Crippen LogP contribution in [0.1, 0.15) is 41.6 Å². The van der Waals surface area contributed by atoms with Crippen molar-refractivity contribution in [2.45, 2.75) is 42.4 Å². The van der Waals surface area contributed by atoms with Crippen LogP contribution in [-0.2, 0) is 27.4 Å². The van der Waals surface area contributed by atoms with Gasteiger partial charge in [0.15, 0.2) is 6.29 Å². The van der Waals surface area contributed by atoms with E-state index in [0.29, 0.717) is 0 Å². The second-order valence-electron chi connectivity index (χ2n) is 8.75. The van der Waals surface area contributed by atoms with Gasteiger partial charge in [-0.05, 0) is 23.7 Å². The summed E-state index contributed by atoms with van der Waals surface area (Å²) < 4.78 is 10.9. The fourth-order valence-corrected chi connectivity index (χ4v) is 4.21. The second-order valence-corrected chi connectivity index (χ2v) is 11.0. The molecule has 0 saturated carbocycles. The van der Waals surface area contributed by atoms with E-state index in [9.17, 15) is 9.90 Å². The quantitative estimate of drug-likeness (QED) is 0.342. The first-order valence-corrected chi connectivity index (χ1v) is 12.5. The van der Waals surface area contributed by atoms with E-state index in [4.69, 9.17) is 44.3 Å². The number of halogens is 3. The molecule has 1 aliphatic heterocycles. The van der Waals surface area contributed by atoms with Crippen molar-refractivity contribution in [3.63, 3.8) is 0 Å². The number of likely N-dealkylation sites (N-methyl/N-ethyl adjacent to an activating group) is 1. The van der Waals surface area contributed by atoms with Crippen LogP contribution in [0, 0.1) is 5.92 Å². The van der Waals surface area contributed by atoms with Gasteiger partial charge in [0.25, 0.3) is 9.70 Å². The molecule has 0 unspecified atom stereocenters. The lowest BCUT2D eigenvalue weighted by molar-refractivity contribution is -0.275. The molecule has 0 aliphatic carbocycles. The highest BCUT2D eigenvalue weighted by Crippen LogP contribution is 2.41. The molecule has 1 saturated heterocycles. The van der Waals surface area contributed by atoms with Crippen LogP contribution in [0.2, 0.25) is 0 Å². The molecule has 2 N–H and O–H groups in total.